The van der Waals surface area contributed by atoms with Crippen molar-refractivity contribution in [3.05, 3.63) is 29.3 Å². The van der Waals surface area contributed by atoms with Crippen LogP contribution in [0.4, 0.5) is 0 Å². The Morgan fingerprint density at radius 1 is 1.39 bits per heavy atom. The fourth-order valence-electron chi connectivity index (χ4n) is 2.84. The Morgan fingerprint density at radius 2 is 2.17 bits per heavy atom. The molecule has 0 unspecified atom stereocenters. The summed E-state index contributed by atoms with van der Waals surface area (Å²) in [6, 6.07) is 7.05. The van der Waals surface area contributed by atoms with E-state index >= 15 is 0 Å². The molecule has 0 aromatic heterocycles. The molecule has 0 aliphatic heterocycles. The van der Waals surface area contributed by atoms with Crippen LogP contribution in [-0.2, 0) is 6.42 Å². The molecular weight excluding hydrogens is 246 g/mol. The maximum Gasteiger partial charge on any atom is 0.122 e. The normalized spacial score (nSPS) is 21.9. The molecule has 0 radical (unpaired) electrons. The molecule has 0 amide bonds. The highest BCUT2D eigenvalue weighted by Gasteiger charge is 2.27. The molecule has 1 aromatic rings. The lowest BCUT2D eigenvalue weighted by Crippen LogP contribution is -2.37. The third-order valence-corrected chi connectivity index (χ3v) is 3.85. The van der Waals surface area contributed by atoms with Gasteiger partial charge in [0.05, 0.1) is 7.11 Å². The van der Waals surface area contributed by atoms with Crippen molar-refractivity contribution in [2.24, 2.45) is 0 Å². The van der Waals surface area contributed by atoms with Crippen LogP contribution in [0.2, 0.25) is 0 Å². The van der Waals surface area contributed by atoms with E-state index in [0.29, 0.717) is 12.0 Å². The summed E-state index contributed by atoms with van der Waals surface area (Å²) < 4.78 is 5.46. The molecule has 2 atom stereocenters. The molecule has 0 spiro atoms. The lowest BCUT2D eigenvalue weighted by atomic mass is 9.80. The van der Waals surface area contributed by atoms with Crippen molar-refractivity contribution >= 4 is 12.4 Å². The van der Waals surface area contributed by atoms with Crippen molar-refractivity contribution in [2.45, 2.75) is 45.1 Å². The van der Waals surface area contributed by atoms with Gasteiger partial charge in [-0.25, -0.2) is 0 Å². The average molecular weight is 270 g/mol. The summed E-state index contributed by atoms with van der Waals surface area (Å²) in [6.07, 6.45) is 3.55. The minimum Gasteiger partial charge on any atom is -0.496 e. The summed E-state index contributed by atoms with van der Waals surface area (Å²) in [4.78, 5) is 0. The molecule has 1 aliphatic rings. The smallest absolute Gasteiger partial charge is 0.122 e. The summed E-state index contributed by atoms with van der Waals surface area (Å²) >= 11 is 0. The first-order valence-corrected chi connectivity index (χ1v) is 6.67. The van der Waals surface area contributed by atoms with Crippen molar-refractivity contribution in [2.75, 3.05) is 13.7 Å². The van der Waals surface area contributed by atoms with E-state index in [4.69, 9.17) is 4.74 Å². The number of rotatable bonds is 4. The van der Waals surface area contributed by atoms with E-state index in [1.165, 1.54) is 24.0 Å². The largest absolute Gasteiger partial charge is 0.496 e. The lowest BCUT2D eigenvalue weighted by molar-refractivity contribution is 0.378. The molecule has 1 aliphatic carbocycles. The number of hydrogen-bond acceptors (Lipinski definition) is 2. The minimum atomic E-state index is 0. The van der Waals surface area contributed by atoms with E-state index in [-0.39, 0.29) is 12.4 Å². The fourth-order valence-corrected chi connectivity index (χ4v) is 2.84. The van der Waals surface area contributed by atoms with Crippen LogP contribution >= 0.6 is 12.4 Å². The zero-order valence-corrected chi connectivity index (χ0v) is 12.3. The van der Waals surface area contributed by atoms with Gasteiger partial charge < -0.3 is 10.1 Å². The molecular formula is C15H24ClNO. The molecule has 102 valence electrons. The number of hydrogen-bond donors (Lipinski definition) is 1. The number of fused-ring (bicyclic) bond motifs is 1. The highest BCUT2D eigenvalue weighted by molar-refractivity contribution is 5.85. The molecule has 18 heavy (non-hydrogen) atoms. The van der Waals surface area contributed by atoms with Crippen LogP contribution in [-0.4, -0.2) is 19.7 Å². The second-order valence-corrected chi connectivity index (χ2v) is 4.92. The van der Waals surface area contributed by atoms with E-state index in [1.807, 2.05) is 0 Å². The van der Waals surface area contributed by atoms with Gasteiger partial charge in [-0.1, -0.05) is 26.0 Å². The molecule has 0 fully saturated rings. The van der Waals surface area contributed by atoms with Crippen molar-refractivity contribution in [1.29, 1.82) is 0 Å². The van der Waals surface area contributed by atoms with Crippen LogP contribution < -0.4 is 10.1 Å². The first kappa shape index (κ1) is 15.3. The monoisotopic (exact) mass is 269 g/mol. The lowest BCUT2D eigenvalue weighted by Gasteiger charge is -2.32. The Labute approximate surface area is 117 Å². The second kappa shape index (κ2) is 7.01. The molecule has 2 nitrogen and oxygen atoms in total. The average Bonchev–Trinajstić information content (AvgIpc) is 2.37. The first-order valence-electron chi connectivity index (χ1n) is 6.67. The summed E-state index contributed by atoms with van der Waals surface area (Å²) in [6.45, 7) is 5.66. The maximum absolute atomic E-state index is 5.46. The van der Waals surface area contributed by atoms with Gasteiger partial charge in [0, 0.05) is 6.04 Å². The van der Waals surface area contributed by atoms with Crippen molar-refractivity contribution in [1.82, 2.24) is 5.32 Å². The topological polar surface area (TPSA) is 21.3 Å². The van der Waals surface area contributed by atoms with Crippen molar-refractivity contribution < 1.29 is 4.74 Å². The Balaban J connectivity index is 0.00000162. The number of halogens is 1. The van der Waals surface area contributed by atoms with Gasteiger partial charge in [0.2, 0.25) is 0 Å². The molecule has 0 heterocycles. The summed E-state index contributed by atoms with van der Waals surface area (Å²) in [7, 11) is 1.77. The molecule has 0 saturated heterocycles. The Bertz CT molecular complexity index is 381. The minimum absolute atomic E-state index is 0. The standard InChI is InChI=1S/C15H23NO.ClH/c1-4-10-16-14-9-8-13-12(11(14)2)6-5-7-15(13)17-3;/h5-7,11,14,16H,4,8-10H2,1-3H3;1H/t11-,14-;/m1./s1. The summed E-state index contributed by atoms with van der Waals surface area (Å²) in [5.74, 6) is 1.64. The highest BCUT2D eigenvalue weighted by Crippen LogP contribution is 2.36. The van der Waals surface area contributed by atoms with Crippen LogP contribution in [0.15, 0.2) is 18.2 Å². The third-order valence-electron chi connectivity index (χ3n) is 3.85. The summed E-state index contributed by atoms with van der Waals surface area (Å²) in [5.41, 5.74) is 2.88. The van der Waals surface area contributed by atoms with Gasteiger partial charge in [-0.05, 0) is 48.9 Å². The van der Waals surface area contributed by atoms with E-state index in [0.717, 1.165) is 18.7 Å². The molecule has 3 heteroatoms. The fraction of sp³-hybridized carbons (Fsp3) is 0.600. The number of ether oxygens (including phenoxy) is 1. The summed E-state index contributed by atoms with van der Waals surface area (Å²) in [5, 5.41) is 3.66. The van der Waals surface area contributed by atoms with Gasteiger partial charge in [-0.2, -0.15) is 0 Å². The molecule has 2 rings (SSSR count). The Hall–Kier alpha value is -0.730. The predicted molar refractivity (Wildman–Crippen MR) is 79.1 cm³/mol. The number of methoxy groups -OCH3 is 1. The predicted octanol–water partition coefficient (Wildman–Crippen LogP) is 3.53. The van der Waals surface area contributed by atoms with Crippen LogP contribution in [0.1, 0.15) is 43.7 Å². The van der Waals surface area contributed by atoms with Gasteiger partial charge in [0.25, 0.3) is 0 Å². The van der Waals surface area contributed by atoms with Crippen LogP contribution in [0.5, 0.6) is 5.75 Å². The number of nitrogens with one attached hydrogen (secondary N) is 1. The van der Waals surface area contributed by atoms with Gasteiger partial charge in [0.1, 0.15) is 5.75 Å². The van der Waals surface area contributed by atoms with E-state index in [9.17, 15) is 0 Å². The van der Waals surface area contributed by atoms with Crippen LogP contribution in [0.3, 0.4) is 0 Å². The SMILES string of the molecule is CCCN[C@@H]1CCc2c(OC)cccc2[C@H]1C.Cl. The Morgan fingerprint density at radius 3 is 2.83 bits per heavy atom. The molecule has 0 bridgehead atoms. The van der Waals surface area contributed by atoms with E-state index in [2.05, 4.69) is 37.4 Å². The zero-order chi connectivity index (χ0) is 12.3. The zero-order valence-electron chi connectivity index (χ0n) is 11.5. The van der Waals surface area contributed by atoms with Gasteiger partial charge in [-0.15, -0.1) is 12.4 Å². The van der Waals surface area contributed by atoms with Gasteiger partial charge >= 0.3 is 0 Å². The van der Waals surface area contributed by atoms with Crippen molar-refractivity contribution in [3.63, 3.8) is 0 Å². The Kier molecular flexibility index (Phi) is 5.97. The third kappa shape index (κ3) is 2.99. The van der Waals surface area contributed by atoms with Gasteiger partial charge in [0.15, 0.2) is 0 Å². The quantitative estimate of drug-likeness (QED) is 0.903. The first-order chi connectivity index (χ1) is 8.27. The van der Waals surface area contributed by atoms with Crippen LogP contribution in [0.25, 0.3) is 0 Å². The molecule has 1 N–H and O–H groups in total. The van der Waals surface area contributed by atoms with E-state index in [1.54, 1.807) is 7.11 Å². The van der Waals surface area contributed by atoms with Gasteiger partial charge in [-0.3, -0.25) is 0 Å². The number of benzene rings is 1. The second-order valence-electron chi connectivity index (χ2n) is 4.92. The maximum atomic E-state index is 5.46. The van der Waals surface area contributed by atoms with Crippen molar-refractivity contribution in [3.8, 4) is 5.75 Å². The molecule has 1 aromatic carbocycles. The molecule has 0 saturated carbocycles. The van der Waals surface area contributed by atoms with E-state index < -0.39 is 0 Å². The highest BCUT2D eigenvalue weighted by atomic mass is 35.5. The van der Waals surface area contributed by atoms with Crippen LogP contribution in [0, 0.1) is 0 Å².